The molecule has 1 N–H and O–H groups in total. The summed E-state index contributed by atoms with van der Waals surface area (Å²) in [5.74, 6) is -0.272. The van der Waals surface area contributed by atoms with E-state index < -0.39 is 6.10 Å². The van der Waals surface area contributed by atoms with E-state index in [1.165, 1.54) is 17.0 Å². The number of halogens is 1. The molecular weight excluding hydrogens is 261 g/mol. The van der Waals surface area contributed by atoms with Crippen molar-refractivity contribution in [2.45, 2.75) is 19.1 Å². The number of rotatable bonds is 6. The molecule has 19 heavy (non-hydrogen) atoms. The Morgan fingerprint density at radius 3 is 2.63 bits per heavy atom. The van der Waals surface area contributed by atoms with Crippen LogP contribution in [-0.4, -0.2) is 23.6 Å². The molecule has 102 valence electrons. The second-order valence-corrected chi connectivity index (χ2v) is 5.71. The summed E-state index contributed by atoms with van der Waals surface area (Å²) in [5, 5.41) is 12.1. The third kappa shape index (κ3) is 4.42. The molecule has 0 aliphatic carbocycles. The Morgan fingerprint density at radius 2 is 2.00 bits per heavy atom. The molecule has 2 aromatic rings. The predicted molar refractivity (Wildman–Crippen MR) is 76.6 cm³/mol. The molecule has 0 aliphatic rings. The summed E-state index contributed by atoms with van der Waals surface area (Å²) in [6.07, 6.45) is 0.111. The van der Waals surface area contributed by atoms with Crippen molar-refractivity contribution in [3.05, 3.63) is 58.0 Å². The Kier molecular flexibility index (Phi) is 5.07. The van der Waals surface area contributed by atoms with Crippen molar-refractivity contribution >= 4 is 11.3 Å². The van der Waals surface area contributed by atoms with E-state index in [9.17, 15) is 9.50 Å². The lowest BCUT2D eigenvalue weighted by Crippen LogP contribution is -2.20. The Hall–Kier alpha value is -1.23. The van der Waals surface area contributed by atoms with Gasteiger partial charge in [-0.3, -0.25) is 0 Å². The number of thiophene rings is 1. The van der Waals surface area contributed by atoms with Crippen LogP contribution in [0.1, 0.15) is 23.0 Å². The smallest absolute Gasteiger partial charge is 0.123 e. The molecule has 1 aromatic carbocycles. The number of hydrogen-bond donors (Lipinski definition) is 1. The summed E-state index contributed by atoms with van der Waals surface area (Å²) >= 11 is 1.74. The average molecular weight is 279 g/mol. The SMILES string of the molecule is CN(CCC(O)c1ccc(F)cc1)Cc1cccs1. The van der Waals surface area contributed by atoms with Crippen molar-refractivity contribution in [2.75, 3.05) is 13.6 Å². The summed E-state index contributed by atoms with van der Waals surface area (Å²) < 4.78 is 12.8. The molecule has 2 nitrogen and oxygen atoms in total. The van der Waals surface area contributed by atoms with Crippen molar-refractivity contribution in [3.63, 3.8) is 0 Å². The van der Waals surface area contributed by atoms with E-state index in [1.807, 2.05) is 13.1 Å². The van der Waals surface area contributed by atoms with Gasteiger partial charge in [0.15, 0.2) is 0 Å². The summed E-state index contributed by atoms with van der Waals surface area (Å²) in [4.78, 5) is 3.50. The number of hydrogen-bond acceptors (Lipinski definition) is 3. The molecule has 1 aromatic heterocycles. The number of nitrogens with zero attached hydrogens (tertiary/aromatic N) is 1. The fourth-order valence-electron chi connectivity index (χ4n) is 1.94. The van der Waals surface area contributed by atoms with Gasteiger partial charge in [0.1, 0.15) is 5.82 Å². The number of benzene rings is 1. The third-order valence-electron chi connectivity index (χ3n) is 3.04. The van der Waals surface area contributed by atoms with Crippen LogP contribution < -0.4 is 0 Å². The van der Waals surface area contributed by atoms with E-state index in [0.717, 1.165) is 18.7 Å². The van der Waals surface area contributed by atoms with Gasteiger partial charge in [-0.25, -0.2) is 4.39 Å². The molecule has 0 spiro atoms. The third-order valence-corrected chi connectivity index (χ3v) is 3.91. The van der Waals surface area contributed by atoms with Gasteiger partial charge in [0, 0.05) is 18.0 Å². The molecule has 1 unspecified atom stereocenters. The topological polar surface area (TPSA) is 23.5 Å². The van der Waals surface area contributed by atoms with E-state index in [-0.39, 0.29) is 5.82 Å². The van der Waals surface area contributed by atoms with Gasteiger partial charge in [-0.05, 0) is 42.6 Å². The maximum atomic E-state index is 12.8. The molecule has 0 saturated heterocycles. The summed E-state index contributed by atoms with van der Waals surface area (Å²) in [6.45, 7) is 1.70. The first-order valence-electron chi connectivity index (χ1n) is 6.29. The molecule has 1 atom stereocenters. The number of aliphatic hydroxyl groups excluding tert-OH is 1. The first-order chi connectivity index (χ1) is 9.15. The van der Waals surface area contributed by atoms with Gasteiger partial charge in [0.2, 0.25) is 0 Å². The highest BCUT2D eigenvalue weighted by atomic mass is 32.1. The fourth-order valence-corrected chi connectivity index (χ4v) is 2.73. The molecule has 0 amide bonds. The van der Waals surface area contributed by atoms with Crippen molar-refractivity contribution in [1.29, 1.82) is 0 Å². The van der Waals surface area contributed by atoms with Crippen LogP contribution in [0, 0.1) is 5.82 Å². The average Bonchev–Trinajstić information content (AvgIpc) is 2.89. The molecule has 1 heterocycles. The van der Waals surface area contributed by atoms with Gasteiger partial charge in [-0.15, -0.1) is 11.3 Å². The summed E-state index contributed by atoms with van der Waals surface area (Å²) in [7, 11) is 2.04. The van der Waals surface area contributed by atoms with E-state index in [2.05, 4.69) is 16.3 Å². The second-order valence-electron chi connectivity index (χ2n) is 4.67. The van der Waals surface area contributed by atoms with Crippen LogP contribution in [0.3, 0.4) is 0 Å². The normalized spacial score (nSPS) is 12.8. The second kappa shape index (κ2) is 6.80. The largest absolute Gasteiger partial charge is 0.388 e. The predicted octanol–water partition coefficient (Wildman–Crippen LogP) is 3.44. The van der Waals surface area contributed by atoms with E-state index in [0.29, 0.717) is 6.42 Å². The Balaban J connectivity index is 1.79. The van der Waals surface area contributed by atoms with Crippen LogP contribution >= 0.6 is 11.3 Å². The van der Waals surface area contributed by atoms with Crippen molar-refractivity contribution in [3.8, 4) is 0 Å². The minimum atomic E-state index is -0.536. The zero-order valence-corrected chi connectivity index (χ0v) is 11.7. The van der Waals surface area contributed by atoms with Crippen LogP contribution in [0.25, 0.3) is 0 Å². The van der Waals surface area contributed by atoms with Crippen molar-refractivity contribution in [1.82, 2.24) is 4.90 Å². The zero-order chi connectivity index (χ0) is 13.7. The highest BCUT2D eigenvalue weighted by Gasteiger charge is 2.09. The lowest BCUT2D eigenvalue weighted by molar-refractivity contribution is 0.148. The van der Waals surface area contributed by atoms with Gasteiger partial charge in [-0.2, -0.15) is 0 Å². The fraction of sp³-hybridized carbons (Fsp3) is 0.333. The first kappa shape index (κ1) is 14.2. The first-order valence-corrected chi connectivity index (χ1v) is 7.17. The molecule has 0 radical (unpaired) electrons. The van der Waals surface area contributed by atoms with E-state index in [1.54, 1.807) is 23.5 Å². The molecule has 0 bridgehead atoms. The van der Waals surface area contributed by atoms with Crippen LogP contribution in [0.4, 0.5) is 4.39 Å². The van der Waals surface area contributed by atoms with E-state index >= 15 is 0 Å². The Labute approximate surface area is 117 Å². The van der Waals surface area contributed by atoms with Gasteiger partial charge < -0.3 is 10.0 Å². The van der Waals surface area contributed by atoms with E-state index in [4.69, 9.17) is 0 Å². The quantitative estimate of drug-likeness (QED) is 0.875. The minimum Gasteiger partial charge on any atom is -0.388 e. The lowest BCUT2D eigenvalue weighted by atomic mass is 10.1. The van der Waals surface area contributed by atoms with Crippen LogP contribution in [0.15, 0.2) is 41.8 Å². The monoisotopic (exact) mass is 279 g/mol. The van der Waals surface area contributed by atoms with Gasteiger partial charge >= 0.3 is 0 Å². The van der Waals surface area contributed by atoms with Crippen molar-refractivity contribution < 1.29 is 9.50 Å². The molecule has 0 aliphatic heterocycles. The maximum absolute atomic E-state index is 12.8. The van der Waals surface area contributed by atoms with Crippen LogP contribution in [0.5, 0.6) is 0 Å². The highest BCUT2D eigenvalue weighted by Crippen LogP contribution is 2.18. The molecule has 4 heteroatoms. The van der Waals surface area contributed by atoms with Crippen LogP contribution in [-0.2, 0) is 6.54 Å². The number of aliphatic hydroxyl groups is 1. The zero-order valence-electron chi connectivity index (χ0n) is 10.9. The van der Waals surface area contributed by atoms with Gasteiger partial charge in [0.05, 0.1) is 6.10 Å². The lowest BCUT2D eigenvalue weighted by Gasteiger charge is -2.18. The van der Waals surface area contributed by atoms with Gasteiger partial charge in [-0.1, -0.05) is 18.2 Å². The van der Waals surface area contributed by atoms with Crippen LogP contribution in [0.2, 0.25) is 0 Å². The standard InChI is InChI=1S/C15H18FNOS/c1-17(11-14-3-2-10-19-14)9-8-15(18)12-4-6-13(16)7-5-12/h2-7,10,15,18H,8-9,11H2,1H3. The molecular formula is C15H18FNOS. The Bertz CT molecular complexity index is 483. The highest BCUT2D eigenvalue weighted by molar-refractivity contribution is 7.09. The van der Waals surface area contributed by atoms with Gasteiger partial charge in [0.25, 0.3) is 0 Å². The minimum absolute atomic E-state index is 0.272. The molecule has 0 fully saturated rings. The Morgan fingerprint density at radius 1 is 1.26 bits per heavy atom. The molecule has 2 rings (SSSR count). The maximum Gasteiger partial charge on any atom is 0.123 e. The summed E-state index contributed by atoms with van der Waals surface area (Å²) in [5.41, 5.74) is 0.769. The molecule has 0 saturated carbocycles. The van der Waals surface area contributed by atoms with Crippen molar-refractivity contribution in [2.24, 2.45) is 0 Å². The summed E-state index contributed by atoms with van der Waals surface area (Å²) in [6, 6.07) is 10.2.